The predicted molar refractivity (Wildman–Crippen MR) is 128 cm³/mol. The number of hydrogen-bond donors (Lipinski definition) is 0. The SMILES string of the molecule is CCN1CCN(C2=CN3C(=O)C=C(c4cc5c(C6CC6)nc(C)cn5n4)PC3C=C2)CC1. The van der Waals surface area contributed by atoms with Crippen molar-refractivity contribution in [1.29, 1.82) is 0 Å². The van der Waals surface area contributed by atoms with Gasteiger partial charge in [0.1, 0.15) is 0 Å². The number of fused-ring (bicyclic) bond motifs is 2. The minimum atomic E-state index is 0.0478. The Morgan fingerprint density at radius 2 is 2.00 bits per heavy atom. The zero-order valence-electron chi connectivity index (χ0n) is 18.7. The molecule has 4 aliphatic rings. The van der Waals surface area contributed by atoms with Crippen LogP contribution < -0.4 is 0 Å². The standard InChI is InChI=1S/C24H29N6OP/c1-3-27-8-10-28(11-9-27)18-6-7-23-29(15-18)22(31)13-21(32-23)19-12-20-24(17-4-5-17)25-16(2)14-30(20)26-19/h6-7,12-15,17,23,32H,3-5,8-11H2,1-2H3. The predicted octanol–water partition coefficient (Wildman–Crippen LogP) is 3.15. The smallest absolute Gasteiger partial charge is 0.252 e. The van der Waals surface area contributed by atoms with Crippen molar-refractivity contribution < 1.29 is 4.79 Å². The highest BCUT2D eigenvalue weighted by Gasteiger charge is 2.32. The van der Waals surface area contributed by atoms with Crippen LogP contribution >= 0.6 is 8.58 Å². The van der Waals surface area contributed by atoms with Crippen LogP contribution in [0.5, 0.6) is 0 Å². The van der Waals surface area contributed by atoms with Gasteiger partial charge in [0, 0.05) is 49.7 Å². The van der Waals surface area contributed by atoms with Crippen LogP contribution in [-0.2, 0) is 4.79 Å². The van der Waals surface area contributed by atoms with E-state index < -0.39 is 0 Å². The van der Waals surface area contributed by atoms with Gasteiger partial charge in [0.05, 0.1) is 40.3 Å². The molecule has 8 heteroatoms. The number of rotatable bonds is 4. The van der Waals surface area contributed by atoms with E-state index >= 15 is 0 Å². The van der Waals surface area contributed by atoms with Gasteiger partial charge in [-0.15, -0.1) is 0 Å². The van der Waals surface area contributed by atoms with Gasteiger partial charge in [0.15, 0.2) is 0 Å². The van der Waals surface area contributed by atoms with Crippen molar-refractivity contribution in [2.45, 2.75) is 38.4 Å². The zero-order chi connectivity index (χ0) is 21.8. The van der Waals surface area contributed by atoms with Gasteiger partial charge in [-0.25, -0.2) is 4.52 Å². The highest BCUT2D eigenvalue weighted by atomic mass is 31.1. The average Bonchev–Trinajstić information content (AvgIpc) is 3.57. The Morgan fingerprint density at radius 1 is 1.19 bits per heavy atom. The van der Waals surface area contributed by atoms with E-state index in [1.807, 2.05) is 22.5 Å². The molecule has 5 heterocycles. The number of nitrogens with zero attached hydrogens (tertiary/aromatic N) is 6. The number of amides is 1. The van der Waals surface area contributed by atoms with E-state index in [2.05, 4.69) is 41.1 Å². The van der Waals surface area contributed by atoms with Crippen molar-refractivity contribution in [2.75, 3.05) is 32.7 Å². The zero-order valence-corrected chi connectivity index (χ0v) is 19.7. The van der Waals surface area contributed by atoms with Gasteiger partial charge in [-0.2, -0.15) is 5.10 Å². The van der Waals surface area contributed by atoms with Crippen molar-refractivity contribution in [2.24, 2.45) is 0 Å². The van der Waals surface area contributed by atoms with Crippen molar-refractivity contribution in [3.63, 3.8) is 0 Å². The third-order valence-electron chi connectivity index (χ3n) is 6.87. The second-order valence-electron chi connectivity index (χ2n) is 9.13. The van der Waals surface area contributed by atoms with Gasteiger partial charge < -0.3 is 14.7 Å². The number of hydrogen-bond acceptors (Lipinski definition) is 5. The van der Waals surface area contributed by atoms with E-state index in [9.17, 15) is 4.79 Å². The summed E-state index contributed by atoms with van der Waals surface area (Å²) < 4.78 is 1.96. The molecule has 1 saturated heterocycles. The molecule has 3 aliphatic heterocycles. The number of aromatic nitrogens is 3. The fourth-order valence-corrected chi connectivity index (χ4v) is 6.18. The molecule has 0 radical (unpaired) electrons. The topological polar surface area (TPSA) is 57.0 Å². The summed E-state index contributed by atoms with van der Waals surface area (Å²) in [4.78, 5) is 24.6. The van der Waals surface area contributed by atoms with E-state index in [-0.39, 0.29) is 11.7 Å². The van der Waals surface area contributed by atoms with Gasteiger partial charge in [-0.1, -0.05) is 21.6 Å². The Kier molecular flexibility index (Phi) is 4.92. The number of allylic oxidation sites excluding steroid dienone is 1. The second kappa shape index (κ2) is 7.82. The number of aryl methyl sites for hydroxylation is 1. The molecule has 0 N–H and O–H groups in total. The van der Waals surface area contributed by atoms with Crippen LogP contribution in [0.1, 0.15) is 42.8 Å². The maximum absolute atomic E-state index is 13.1. The van der Waals surface area contributed by atoms with Crippen LogP contribution in [-0.4, -0.2) is 73.7 Å². The Morgan fingerprint density at radius 3 is 2.75 bits per heavy atom. The summed E-state index contributed by atoms with van der Waals surface area (Å²) >= 11 is 0. The molecule has 1 aliphatic carbocycles. The molecule has 2 unspecified atom stereocenters. The minimum absolute atomic E-state index is 0.0478. The molecule has 1 amide bonds. The number of carbonyl (C=O) groups is 1. The molecular formula is C24H29N6OP. The van der Waals surface area contributed by atoms with Gasteiger partial charge in [-0.05, 0) is 38.5 Å². The van der Waals surface area contributed by atoms with Crippen LogP contribution in [0.2, 0.25) is 0 Å². The number of carbonyl (C=O) groups excluding carboxylic acids is 1. The van der Waals surface area contributed by atoms with Crippen molar-refractivity contribution >= 4 is 25.3 Å². The quantitative estimate of drug-likeness (QED) is 0.673. The molecule has 2 atom stereocenters. The van der Waals surface area contributed by atoms with Crippen molar-refractivity contribution in [1.82, 2.24) is 29.3 Å². The summed E-state index contributed by atoms with van der Waals surface area (Å²) in [6.45, 7) is 9.52. The molecule has 1 saturated carbocycles. The molecule has 0 aromatic carbocycles. The summed E-state index contributed by atoms with van der Waals surface area (Å²) in [6.07, 6.45) is 12.6. The van der Waals surface area contributed by atoms with Crippen LogP contribution in [0, 0.1) is 6.92 Å². The first kappa shape index (κ1) is 20.1. The molecule has 6 rings (SSSR count). The van der Waals surface area contributed by atoms with E-state index in [0.717, 1.165) is 66.3 Å². The molecule has 166 valence electrons. The van der Waals surface area contributed by atoms with Gasteiger partial charge in [0.25, 0.3) is 5.91 Å². The molecule has 0 spiro atoms. The van der Waals surface area contributed by atoms with Crippen LogP contribution in [0.25, 0.3) is 10.8 Å². The monoisotopic (exact) mass is 448 g/mol. The first-order valence-corrected chi connectivity index (χ1v) is 12.7. The third-order valence-corrected chi connectivity index (χ3v) is 8.35. The molecule has 2 fully saturated rings. The molecular weight excluding hydrogens is 419 g/mol. The maximum Gasteiger partial charge on any atom is 0.252 e. The third kappa shape index (κ3) is 3.57. The maximum atomic E-state index is 13.1. The minimum Gasteiger partial charge on any atom is -0.368 e. The first-order valence-electron chi connectivity index (χ1n) is 11.6. The van der Waals surface area contributed by atoms with Gasteiger partial charge in [0.2, 0.25) is 0 Å². The number of piperazine rings is 1. The van der Waals surface area contributed by atoms with Crippen LogP contribution in [0.15, 0.2) is 42.4 Å². The lowest BCUT2D eigenvalue weighted by Gasteiger charge is -2.39. The highest BCUT2D eigenvalue weighted by Crippen LogP contribution is 2.46. The lowest BCUT2D eigenvalue weighted by Crippen LogP contribution is -2.46. The van der Waals surface area contributed by atoms with Gasteiger partial charge in [-0.3, -0.25) is 9.78 Å². The van der Waals surface area contributed by atoms with Crippen molar-refractivity contribution in [3.05, 3.63) is 59.5 Å². The van der Waals surface area contributed by atoms with E-state index in [0.29, 0.717) is 14.5 Å². The van der Waals surface area contributed by atoms with E-state index in [1.54, 1.807) is 6.08 Å². The second-order valence-corrected chi connectivity index (χ2v) is 10.5. The fraction of sp³-hybridized carbons (Fsp3) is 0.458. The Bertz CT molecular complexity index is 1170. The van der Waals surface area contributed by atoms with Crippen LogP contribution in [0.4, 0.5) is 0 Å². The van der Waals surface area contributed by atoms with E-state index in [4.69, 9.17) is 10.1 Å². The normalized spacial score (nSPS) is 24.8. The summed E-state index contributed by atoms with van der Waals surface area (Å²) in [5, 5.41) is 5.88. The Balaban J connectivity index is 1.26. The molecule has 32 heavy (non-hydrogen) atoms. The molecule has 7 nitrogen and oxygen atoms in total. The van der Waals surface area contributed by atoms with Gasteiger partial charge >= 0.3 is 0 Å². The summed E-state index contributed by atoms with van der Waals surface area (Å²) in [6, 6.07) is 2.13. The lowest BCUT2D eigenvalue weighted by atomic mass is 10.2. The summed E-state index contributed by atoms with van der Waals surface area (Å²) in [5.74, 6) is 0.688. The summed E-state index contributed by atoms with van der Waals surface area (Å²) in [7, 11) is 0.481. The first-order chi connectivity index (χ1) is 15.6. The Labute approximate surface area is 190 Å². The highest BCUT2D eigenvalue weighted by molar-refractivity contribution is 7.51. The lowest BCUT2D eigenvalue weighted by molar-refractivity contribution is -0.123. The average molecular weight is 449 g/mol. The van der Waals surface area contributed by atoms with Crippen molar-refractivity contribution in [3.8, 4) is 0 Å². The Hall–Kier alpha value is -2.50. The number of likely N-dealkylation sites (N-methyl/N-ethyl adjacent to an activating group) is 1. The van der Waals surface area contributed by atoms with E-state index in [1.165, 1.54) is 12.8 Å². The molecule has 0 bridgehead atoms. The summed E-state index contributed by atoms with van der Waals surface area (Å²) in [5.41, 5.74) is 5.29. The molecule has 2 aromatic rings. The fourth-order valence-electron chi connectivity index (χ4n) is 4.85. The largest absolute Gasteiger partial charge is 0.368 e. The van der Waals surface area contributed by atoms with Crippen LogP contribution in [0.3, 0.4) is 0 Å². The molecule has 2 aromatic heterocycles.